The maximum absolute atomic E-state index is 9.64. The van der Waals surface area contributed by atoms with Gasteiger partial charge in [-0.1, -0.05) is 70.4 Å². The summed E-state index contributed by atoms with van der Waals surface area (Å²) >= 11 is 0. The molecule has 0 aliphatic heterocycles. The molecule has 0 radical (unpaired) electrons. The molecule has 3 fully saturated rings. The summed E-state index contributed by atoms with van der Waals surface area (Å²) in [7, 11) is 0. The first-order valence-corrected chi connectivity index (χ1v) is 12.8. The summed E-state index contributed by atoms with van der Waals surface area (Å²) in [5.74, 6) is 1.19. The highest BCUT2D eigenvalue weighted by Crippen LogP contribution is 2.59. The first-order valence-electron chi connectivity index (χ1n) is 12.8. The summed E-state index contributed by atoms with van der Waals surface area (Å²) < 4.78 is 5.91. The fourth-order valence-corrected chi connectivity index (χ4v) is 5.91. The van der Waals surface area contributed by atoms with E-state index in [9.17, 15) is 5.26 Å². The zero-order chi connectivity index (χ0) is 22.6. The van der Waals surface area contributed by atoms with Gasteiger partial charge in [0.05, 0.1) is 12.2 Å². The van der Waals surface area contributed by atoms with Gasteiger partial charge in [-0.15, -0.1) is 0 Å². The van der Waals surface area contributed by atoms with Crippen molar-refractivity contribution < 1.29 is 4.74 Å². The van der Waals surface area contributed by atoms with E-state index in [-0.39, 0.29) is 0 Å². The number of nitrogens with zero attached hydrogens (tertiary/aromatic N) is 1. The van der Waals surface area contributed by atoms with Gasteiger partial charge in [-0.3, -0.25) is 0 Å². The van der Waals surface area contributed by atoms with Crippen molar-refractivity contribution in [3.63, 3.8) is 0 Å². The van der Waals surface area contributed by atoms with Crippen molar-refractivity contribution in [2.45, 2.75) is 90.4 Å². The quantitative estimate of drug-likeness (QED) is 0.400. The average Bonchev–Trinajstić information content (AvgIpc) is 2.87. The topological polar surface area (TPSA) is 33.0 Å². The number of unbranched alkanes of at least 4 members (excludes halogenated alkanes) is 1. The molecule has 2 heteroatoms. The van der Waals surface area contributed by atoms with Crippen LogP contribution in [0.4, 0.5) is 0 Å². The minimum Gasteiger partial charge on any atom is -0.492 e. The Morgan fingerprint density at radius 1 is 0.938 bits per heavy atom. The first kappa shape index (κ1) is 22.9. The summed E-state index contributed by atoms with van der Waals surface area (Å²) in [6.45, 7) is 7.31. The molecule has 0 saturated heterocycles. The maximum atomic E-state index is 9.64. The van der Waals surface area contributed by atoms with Gasteiger partial charge in [-0.25, -0.2) is 0 Å². The van der Waals surface area contributed by atoms with Crippen molar-refractivity contribution in [3.05, 3.63) is 53.6 Å². The summed E-state index contributed by atoms with van der Waals surface area (Å²) in [6.07, 6.45) is 13.6. The van der Waals surface area contributed by atoms with Gasteiger partial charge in [0.1, 0.15) is 11.8 Å². The molecule has 2 aromatic carbocycles. The number of hydrogen-bond acceptors (Lipinski definition) is 2. The fourth-order valence-electron chi connectivity index (χ4n) is 5.91. The molecule has 170 valence electrons. The van der Waals surface area contributed by atoms with Gasteiger partial charge >= 0.3 is 0 Å². The van der Waals surface area contributed by atoms with Gasteiger partial charge in [0.2, 0.25) is 0 Å². The molecule has 1 atom stereocenters. The largest absolute Gasteiger partial charge is 0.492 e. The van der Waals surface area contributed by atoms with Crippen LogP contribution in [0.25, 0.3) is 11.1 Å². The van der Waals surface area contributed by atoms with E-state index in [0.29, 0.717) is 34.7 Å². The molecule has 32 heavy (non-hydrogen) atoms. The summed E-state index contributed by atoms with van der Waals surface area (Å²) in [6, 6.07) is 17.6. The minimum absolute atomic E-state index is 0.401. The molecule has 2 bridgehead atoms. The zero-order valence-electron chi connectivity index (χ0n) is 20.3. The molecule has 2 nitrogen and oxygen atoms in total. The second-order valence-electron chi connectivity index (χ2n) is 10.6. The Labute approximate surface area is 195 Å². The molecule has 0 aromatic heterocycles. The van der Waals surface area contributed by atoms with Gasteiger partial charge < -0.3 is 4.74 Å². The molecule has 0 spiro atoms. The SMILES string of the molecule is CCCCC12CCC(c3ccc(-c4ccc(OCC(C)CC)c(C#N)c4)cc3)(CC1)CC2. The lowest BCUT2D eigenvalue weighted by Crippen LogP contribution is -2.44. The lowest BCUT2D eigenvalue weighted by Gasteiger charge is -2.54. The van der Waals surface area contributed by atoms with E-state index >= 15 is 0 Å². The first-order chi connectivity index (χ1) is 15.5. The van der Waals surface area contributed by atoms with E-state index in [4.69, 9.17) is 4.74 Å². The third kappa shape index (κ3) is 4.59. The standard InChI is InChI=1S/C30H39NO/c1-4-6-13-29-14-17-30(18-15-29,19-16-29)27-10-7-24(8-11-27)25-9-12-28(26(20-25)21-31)32-22-23(3)5-2/h7-12,20,23H,4-6,13-19,22H2,1-3H3. The van der Waals surface area contributed by atoms with Crippen molar-refractivity contribution in [2.75, 3.05) is 6.61 Å². The summed E-state index contributed by atoms with van der Waals surface area (Å²) in [4.78, 5) is 0. The van der Waals surface area contributed by atoms with E-state index in [1.807, 2.05) is 12.1 Å². The monoisotopic (exact) mass is 429 g/mol. The van der Waals surface area contributed by atoms with Crippen LogP contribution in [0.2, 0.25) is 0 Å². The summed E-state index contributed by atoms with van der Waals surface area (Å²) in [5.41, 5.74) is 5.48. The number of rotatable bonds is 9. The molecule has 3 saturated carbocycles. The molecule has 3 aliphatic rings. The fraction of sp³-hybridized carbons (Fsp3) is 0.567. The number of benzene rings is 2. The molecule has 0 amide bonds. The van der Waals surface area contributed by atoms with Crippen LogP contribution in [0.15, 0.2) is 42.5 Å². The molecule has 0 heterocycles. The van der Waals surface area contributed by atoms with E-state index in [1.165, 1.54) is 68.9 Å². The van der Waals surface area contributed by atoms with Gasteiger partial charge in [0.15, 0.2) is 0 Å². The normalized spacial score (nSPS) is 25.3. The van der Waals surface area contributed by atoms with Crippen LogP contribution in [0, 0.1) is 22.7 Å². The highest BCUT2D eigenvalue weighted by Gasteiger charge is 2.48. The molecule has 0 N–H and O–H groups in total. The van der Waals surface area contributed by atoms with E-state index in [1.54, 1.807) is 0 Å². The maximum Gasteiger partial charge on any atom is 0.137 e. The molecule has 3 aliphatic carbocycles. The van der Waals surface area contributed by atoms with Crippen LogP contribution in [0.1, 0.15) is 96.1 Å². The van der Waals surface area contributed by atoms with E-state index in [2.05, 4.69) is 57.2 Å². The number of ether oxygens (including phenoxy) is 1. The molecule has 2 aromatic rings. The lowest BCUT2D eigenvalue weighted by atomic mass is 9.51. The molecule has 1 unspecified atom stereocenters. The lowest BCUT2D eigenvalue weighted by molar-refractivity contribution is 0.0308. The Kier molecular flexibility index (Phi) is 6.94. The smallest absolute Gasteiger partial charge is 0.137 e. The van der Waals surface area contributed by atoms with Crippen LogP contribution >= 0.6 is 0 Å². The van der Waals surface area contributed by atoms with Crippen molar-refractivity contribution in [1.29, 1.82) is 5.26 Å². The van der Waals surface area contributed by atoms with Crippen molar-refractivity contribution >= 4 is 0 Å². The second kappa shape index (κ2) is 9.70. The van der Waals surface area contributed by atoms with Crippen molar-refractivity contribution in [2.24, 2.45) is 11.3 Å². The molecule has 5 rings (SSSR count). The predicted octanol–water partition coefficient (Wildman–Crippen LogP) is 8.43. The van der Waals surface area contributed by atoms with Crippen LogP contribution in [0.3, 0.4) is 0 Å². The Morgan fingerprint density at radius 3 is 2.19 bits per heavy atom. The Bertz CT molecular complexity index is 927. The predicted molar refractivity (Wildman–Crippen MR) is 133 cm³/mol. The Balaban J connectivity index is 1.47. The Morgan fingerprint density at radius 2 is 1.59 bits per heavy atom. The third-order valence-electron chi connectivity index (χ3n) is 8.61. The second-order valence-corrected chi connectivity index (χ2v) is 10.6. The number of nitriles is 1. The third-order valence-corrected chi connectivity index (χ3v) is 8.61. The Hall–Kier alpha value is -2.27. The average molecular weight is 430 g/mol. The van der Waals surface area contributed by atoms with Crippen LogP contribution < -0.4 is 4.74 Å². The van der Waals surface area contributed by atoms with Crippen molar-refractivity contribution in [1.82, 2.24) is 0 Å². The van der Waals surface area contributed by atoms with Gasteiger partial charge in [-0.05, 0) is 90.5 Å². The van der Waals surface area contributed by atoms with Crippen LogP contribution in [0.5, 0.6) is 5.75 Å². The van der Waals surface area contributed by atoms with Crippen molar-refractivity contribution in [3.8, 4) is 22.9 Å². The highest BCUT2D eigenvalue weighted by atomic mass is 16.5. The minimum atomic E-state index is 0.401. The molecular weight excluding hydrogens is 390 g/mol. The van der Waals surface area contributed by atoms with E-state index < -0.39 is 0 Å². The number of hydrogen-bond donors (Lipinski definition) is 0. The van der Waals surface area contributed by atoms with Gasteiger partial charge in [0, 0.05) is 0 Å². The zero-order valence-corrected chi connectivity index (χ0v) is 20.3. The van der Waals surface area contributed by atoms with Crippen LogP contribution in [-0.4, -0.2) is 6.61 Å². The summed E-state index contributed by atoms with van der Waals surface area (Å²) in [5, 5.41) is 9.64. The van der Waals surface area contributed by atoms with Gasteiger partial charge in [0.25, 0.3) is 0 Å². The number of fused-ring (bicyclic) bond motifs is 3. The highest BCUT2D eigenvalue weighted by molar-refractivity contribution is 5.67. The van der Waals surface area contributed by atoms with E-state index in [0.717, 1.165) is 12.0 Å². The van der Waals surface area contributed by atoms with Gasteiger partial charge in [-0.2, -0.15) is 5.26 Å². The van der Waals surface area contributed by atoms with Crippen LogP contribution in [-0.2, 0) is 5.41 Å². The molecular formula is C30H39NO.